The van der Waals surface area contributed by atoms with Gasteiger partial charge in [-0.15, -0.1) is 0 Å². The molecule has 1 saturated carbocycles. The quantitative estimate of drug-likeness (QED) is 0.530. The summed E-state index contributed by atoms with van der Waals surface area (Å²) in [7, 11) is 1.41. The second-order valence-corrected chi connectivity index (χ2v) is 8.34. The highest BCUT2D eigenvalue weighted by Gasteiger charge is 2.30. The molecule has 184 valence electrons. The van der Waals surface area contributed by atoms with Crippen LogP contribution in [0.15, 0.2) is 42.5 Å². The van der Waals surface area contributed by atoms with Crippen LogP contribution in [-0.2, 0) is 28.7 Å². The number of rotatable bonds is 9. The minimum Gasteiger partial charge on any atom is -0.496 e. The van der Waals surface area contributed by atoms with Crippen LogP contribution in [0.5, 0.6) is 5.75 Å². The first-order valence-corrected chi connectivity index (χ1v) is 11.2. The number of methoxy groups -OCH3 is 1. The third-order valence-corrected chi connectivity index (χ3v) is 5.85. The molecule has 1 fully saturated rings. The molecule has 2 N–H and O–H groups in total. The van der Waals surface area contributed by atoms with Crippen LogP contribution in [0.3, 0.4) is 0 Å². The number of nitrogens with one attached hydrogen (secondary N) is 1. The molecule has 1 unspecified atom stereocenters. The monoisotopic (exact) mass is 479 g/mol. The highest BCUT2D eigenvalue weighted by atomic mass is 19.4. The lowest BCUT2D eigenvalue weighted by Gasteiger charge is -2.25. The molecule has 0 saturated heterocycles. The molecule has 3 rings (SSSR count). The fourth-order valence-electron chi connectivity index (χ4n) is 3.99. The molecule has 1 aliphatic rings. The van der Waals surface area contributed by atoms with Crippen LogP contribution in [0.1, 0.15) is 59.2 Å². The largest absolute Gasteiger partial charge is 0.496 e. The Labute approximate surface area is 196 Å². The van der Waals surface area contributed by atoms with Crippen LogP contribution in [0.25, 0.3) is 0 Å². The predicted octanol–water partition coefficient (Wildman–Crippen LogP) is 4.99. The molecule has 9 heteroatoms. The van der Waals surface area contributed by atoms with Crippen molar-refractivity contribution in [1.29, 1.82) is 0 Å². The van der Waals surface area contributed by atoms with Gasteiger partial charge in [0.2, 0.25) is 0 Å². The van der Waals surface area contributed by atoms with Gasteiger partial charge in [-0.3, -0.25) is 4.79 Å². The molecule has 0 bridgehead atoms. The van der Waals surface area contributed by atoms with E-state index in [2.05, 4.69) is 5.32 Å². The Morgan fingerprint density at radius 2 is 1.71 bits per heavy atom. The number of hydrogen-bond acceptors (Lipinski definition) is 4. The van der Waals surface area contributed by atoms with Crippen molar-refractivity contribution in [3.05, 3.63) is 64.7 Å². The van der Waals surface area contributed by atoms with Gasteiger partial charge in [0.05, 0.1) is 24.3 Å². The second-order valence-electron chi connectivity index (χ2n) is 8.34. The molecule has 1 aliphatic carbocycles. The molecule has 0 aromatic heterocycles. The van der Waals surface area contributed by atoms with Crippen molar-refractivity contribution in [3.63, 3.8) is 0 Å². The zero-order valence-electron chi connectivity index (χ0n) is 18.9. The van der Waals surface area contributed by atoms with Gasteiger partial charge in [-0.25, -0.2) is 4.79 Å². The number of alkyl halides is 3. The zero-order valence-corrected chi connectivity index (χ0v) is 18.9. The van der Waals surface area contributed by atoms with Crippen molar-refractivity contribution >= 4 is 11.9 Å². The van der Waals surface area contributed by atoms with Crippen molar-refractivity contribution in [2.75, 3.05) is 7.11 Å². The Morgan fingerprint density at radius 1 is 1.06 bits per heavy atom. The summed E-state index contributed by atoms with van der Waals surface area (Å²) in [4.78, 5) is 24.6. The van der Waals surface area contributed by atoms with E-state index in [9.17, 15) is 27.9 Å². The Kier molecular flexibility index (Phi) is 8.55. The van der Waals surface area contributed by atoms with Crippen LogP contribution in [0.4, 0.5) is 13.2 Å². The van der Waals surface area contributed by atoms with E-state index in [1.165, 1.54) is 19.2 Å². The minimum absolute atomic E-state index is 0.0207. The summed E-state index contributed by atoms with van der Waals surface area (Å²) in [5.41, 5.74) is 0.543. The molecule has 0 radical (unpaired) electrons. The summed E-state index contributed by atoms with van der Waals surface area (Å²) in [6, 6.07) is 9.35. The highest BCUT2D eigenvalue weighted by Crippen LogP contribution is 2.29. The Morgan fingerprint density at radius 3 is 2.29 bits per heavy atom. The number of carboxylic acid groups (broad SMARTS) is 1. The summed E-state index contributed by atoms with van der Waals surface area (Å²) in [5, 5.41) is 12.3. The maximum atomic E-state index is 12.8. The maximum Gasteiger partial charge on any atom is 0.416 e. The number of amides is 1. The van der Waals surface area contributed by atoms with E-state index in [0.29, 0.717) is 16.9 Å². The molecule has 1 atom stereocenters. The number of ether oxygens (including phenoxy) is 2. The summed E-state index contributed by atoms with van der Waals surface area (Å²) in [6.07, 6.45) is -0.612. The average molecular weight is 479 g/mol. The topological polar surface area (TPSA) is 84.9 Å². The van der Waals surface area contributed by atoms with Gasteiger partial charge >= 0.3 is 12.1 Å². The highest BCUT2D eigenvalue weighted by molar-refractivity contribution is 5.97. The zero-order chi connectivity index (χ0) is 24.7. The Hall–Kier alpha value is -3.07. The minimum atomic E-state index is -4.43. The number of benzene rings is 2. The van der Waals surface area contributed by atoms with Gasteiger partial charge in [0.25, 0.3) is 5.91 Å². The number of aliphatic carboxylic acids is 1. The van der Waals surface area contributed by atoms with Crippen molar-refractivity contribution in [1.82, 2.24) is 5.32 Å². The van der Waals surface area contributed by atoms with Crippen LogP contribution in [0, 0.1) is 0 Å². The first kappa shape index (κ1) is 25.6. The van der Waals surface area contributed by atoms with Gasteiger partial charge < -0.3 is 19.9 Å². The Balaban J connectivity index is 1.68. The molecular formula is C25H28F3NO5. The average Bonchev–Trinajstić information content (AvgIpc) is 2.82. The van der Waals surface area contributed by atoms with Gasteiger partial charge in [0.1, 0.15) is 5.75 Å². The number of halogens is 3. The fourth-order valence-corrected chi connectivity index (χ4v) is 3.99. The number of carboxylic acids is 1. The molecule has 0 heterocycles. The second kappa shape index (κ2) is 11.4. The SMILES string of the molecule is COc1ccc(CC(OC2CCCCC2)C(=O)O)cc1C(=O)NCc1ccc(C(F)(F)F)cc1. The lowest BCUT2D eigenvalue weighted by Crippen LogP contribution is -2.32. The van der Waals surface area contributed by atoms with E-state index in [4.69, 9.17) is 9.47 Å². The van der Waals surface area contributed by atoms with E-state index in [1.54, 1.807) is 18.2 Å². The first-order valence-electron chi connectivity index (χ1n) is 11.2. The normalized spacial score (nSPS) is 15.5. The van der Waals surface area contributed by atoms with E-state index in [1.807, 2.05) is 0 Å². The fraction of sp³-hybridized carbons (Fsp3) is 0.440. The maximum absolute atomic E-state index is 12.8. The van der Waals surface area contributed by atoms with E-state index < -0.39 is 29.7 Å². The summed E-state index contributed by atoms with van der Waals surface area (Å²) in [5.74, 6) is -1.25. The van der Waals surface area contributed by atoms with Gasteiger partial charge in [-0.2, -0.15) is 13.2 Å². The molecular weight excluding hydrogens is 451 g/mol. The number of hydrogen-bond donors (Lipinski definition) is 2. The third-order valence-electron chi connectivity index (χ3n) is 5.85. The van der Waals surface area contributed by atoms with E-state index in [0.717, 1.165) is 44.2 Å². The third kappa shape index (κ3) is 6.96. The van der Waals surface area contributed by atoms with Crippen LogP contribution in [0.2, 0.25) is 0 Å². The number of carbonyl (C=O) groups excluding carboxylic acids is 1. The van der Waals surface area contributed by atoms with Crippen molar-refractivity contribution < 1.29 is 37.3 Å². The standard InChI is InChI=1S/C25H28F3NO5/c1-33-21-12-9-17(14-22(24(31)32)34-19-5-3-2-4-6-19)13-20(21)23(30)29-15-16-7-10-18(11-8-16)25(26,27)28/h7-13,19,22H,2-6,14-15H2,1H3,(H,29,30)(H,31,32). The van der Waals surface area contributed by atoms with Crippen molar-refractivity contribution in [3.8, 4) is 5.75 Å². The van der Waals surface area contributed by atoms with E-state index >= 15 is 0 Å². The van der Waals surface area contributed by atoms with Crippen LogP contribution in [-0.4, -0.2) is 36.3 Å². The molecule has 2 aromatic carbocycles. The molecule has 2 aromatic rings. The van der Waals surface area contributed by atoms with Crippen LogP contribution < -0.4 is 10.1 Å². The van der Waals surface area contributed by atoms with Gasteiger partial charge in [-0.1, -0.05) is 37.5 Å². The molecule has 0 spiro atoms. The van der Waals surface area contributed by atoms with Crippen molar-refractivity contribution in [2.24, 2.45) is 0 Å². The number of carbonyl (C=O) groups is 2. The lowest BCUT2D eigenvalue weighted by molar-refractivity contribution is -0.155. The molecule has 34 heavy (non-hydrogen) atoms. The van der Waals surface area contributed by atoms with Gasteiger partial charge in [-0.05, 0) is 48.2 Å². The van der Waals surface area contributed by atoms with Crippen LogP contribution >= 0.6 is 0 Å². The smallest absolute Gasteiger partial charge is 0.416 e. The summed E-state index contributed by atoms with van der Waals surface area (Å²) < 4.78 is 49.3. The van der Waals surface area contributed by atoms with Gasteiger partial charge in [0.15, 0.2) is 6.10 Å². The molecule has 6 nitrogen and oxygen atoms in total. The van der Waals surface area contributed by atoms with Crippen molar-refractivity contribution in [2.45, 2.75) is 63.5 Å². The molecule has 0 aliphatic heterocycles. The summed E-state index contributed by atoms with van der Waals surface area (Å²) >= 11 is 0. The molecule has 1 amide bonds. The summed E-state index contributed by atoms with van der Waals surface area (Å²) in [6.45, 7) is 0.0207. The predicted molar refractivity (Wildman–Crippen MR) is 119 cm³/mol. The van der Waals surface area contributed by atoms with E-state index in [-0.39, 0.29) is 24.6 Å². The first-order chi connectivity index (χ1) is 16.2. The van der Waals surface area contributed by atoms with Gasteiger partial charge in [0, 0.05) is 13.0 Å². The Bertz CT molecular complexity index is 985. The lowest BCUT2D eigenvalue weighted by atomic mass is 9.97.